The molecule has 0 fully saturated rings. The van der Waals surface area contributed by atoms with Crippen molar-refractivity contribution in [2.24, 2.45) is 7.05 Å². The van der Waals surface area contributed by atoms with E-state index < -0.39 is 0 Å². The van der Waals surface area contributed by atoms with Crippen molar-refractivity contribution >= 4 is 5.78 Å². The van der Waals surface area contributed by atoms with Gasteiger partial charge in [0.1, 0.15) is 5.76 Å². The van der Waals surface area contributed by atoms with Gasteiger partial charge in [-0.1, -0.05) is 12.1 Å². The van der Waals surface area contributed by atoms with Crippen LogP contribution in [0.1, 0.15) is 28.9 Å². The number of rotatable bonds is 4. The lowest BCUT2D eigenvalue weighted by atomic mass is 10.2. The summed E-state index contributed by atoms with van der Waals surface area (Å²) in [6, 6.07) is 3.53. The summed E-state index contributed by atoms with van der Waals surface area (Å²) in [6.07, 6.45) is 2.74. The van der Waals surface area contributed by atoms with Crippen molar-refractivity contribution in [2.75, 3.05) is 0 Å². The monoisotopic (exact) mass is 219 g/mol. The largest absolute Gasteiger partial charge is 0.458 e. The third-order valence-electron chi connectivity index (χ3n) is 2.28. The number of hydrogen-bond donors (Lipinski definition) is 0. The molecular formula is C11H13N3O2. The molecule has 0 aromatic carbocycles. The summed E-state index contributed by atoms with van der Waals surface area (Å²) >= 11 is 0. The minimum Gasteiger partial charge on any atom is -0.458 e. The SMILES string of the molecule is CCc1ccc(C(=O)Cc2cn(C)nn2)o1. The second-order valence-electron chi connectivity index (χ2n) is 3.60. The number of hydrogen-bond acceptors (Lipinski definition) is 4. The normalized spacial score (nSPS) is 10.6. The van der Waals surface area contributed by atoms with Crippen LogP contribution in [0.25, 0.3) is 0 Å². The first-order chi connectivity index (χ1) is 7.69. The van der Waals surface area contributed by atoms with Crippen LogP contribution in [-0.2, 0) is 19.9 Å². The highest BCUT2D eigenvalue weighted by molar-refractivity contribution is 5.94. The van der Waals surface area contributed by atoms with E-state index in [4.69, 9.17) is 4.42 Å². The molecule has 5 nitrogen and oxygen atoms in total. The van der Waals surface area contributed by atoms with Gasteiger partial charge in [0.05, 0.1) is 12.1 Å². The number of ketones is 1. The van der Waals surface area contributed by atoms with Gasteiger partial charge in [-0.25, -0.2) is 0 Å². The van der Waals surface area contributed by atoms with E-state index in [0.29, 0.717) is 11.5 Å². The first kappa shape index (κ1) is 10.6. The zero-order valence-corrected chi connectivity index (χ0v) is 9.30. The fourth-order valence-electron chi connectivity index (χ4n) is 1.45. The van der Waals surface area contributed by atoms with Gasteiger partial charge in [-0.2, -0.15) is 0 Å². The maximum Gasteiger partial charge on any atom is 0.204 e. The molecule has 0 aliphatic heterocycles. The summed E-state index contributed by atoms with van der Waals surface area (Å²) in [6.45, 7) is 1.98. The topological polar surface area (TPSA) is 60.9 Å². The van der Waals surface area contributed by atoms with Gasteiger partial charge in [0, 0.05) is 19.7 Å². The van der Waals surface area contributed by atoms with Gasteiger partial charge in [0.25, 0.3) is 0 Å². The Hall–Kier alpha value is -1.91. The fourth-order valence-corrected chi connectivity index (χ4v) is 1.45. The molecule has 0 saturated heterocycles. The van der Waals surface area contributed by atoms with Crippen LogP contribution in [-0.4, -0.2) is 20.8 Å². The Morgan fingerprint density at radius 1 is 1.50 bits per heavy atom. The molecule has 84 valence electrons. The van der Waals surface area contributed by atoms with Crippen LogP contribution in [0.4, 0.5) is 0 Å². The molecule has 2 rings (SSSR count). The molecular weight excluding hydrogens is 206 g/mol. The highest BCUT2D eigenvalue weighted by Gasteiger charge is 2.13. The Balaban J connectivity index is 2.08. The van der Waals surface area contributed by atoms with Crippen LogP contribution in [0.15, 0.2) is 22.7 Å². The Morgan fingerprint density at radius 2 is 2.31 bits per heavy atom. The van der Waals surface area contributed by atoms with E-state index in [1.54, 1.807) is 24.0 Å². The standard InChI is InChI=1S/C11H13N3O2/c1-3-9-4-5-11(16-9)10(15)6-8-7-14(2)13-12-8/h4-5,7H,3,6H2,1-2H3. The van der Waals surface area contributed by atoms with Gasteiger partial charge in [-0.3, -0.25) is 9.48 Å². The highest BCUT2D eigenvalue weighted by atomic mass is 16.3. The Kier molecular flexibility index (Phi) is 2.85. The van der Waals surface area contributed by atoms with E-state index in [-0.39, 0.29) is 12.2 Å². The molecule has 2 aromatic rings. The predicted octanol–water partition coefficient (Wildman–Crippen LogP) is 1.40. The minimum absolute atomic E-state index is 0.0693. The number of furan rings is 1. The predicted molar refractivity (Wildman–Crippen MR) is 57.1 cm³/mol. The summed E-state index contributed by atoms with van der Waals surface area (Å²) in [7, 11) is 1.77. The van der Waals surface area contributed by atoms with Crippen LogP contribution in [0, 0.1) is 0 Å². The molecule has 0 aliphatic rings. The minimum atomic E-state index is -0.0693. The van der Waals surface area contributed by atoms with Crippen LogP contribution in [0.5, 0.6) is 0 Å². The van der Waals surface area contributed by atoms with Crippen LogP contribution in [0.3, 0.4) is 0 Å². The zero-order chi connectivity index (χ0) is 11.5. The third kappa shape index (κ3) is 2.18. The summed E-state index contributed by atoms with van der Waals surface area (Å²) in [5.74, 6) is 1.14. The van der Waals surface area contributed by atoms with E-state index in [2.05, 4.69) is 10.3 Å². The van der Waals surface area contributed by atoms with Gasteiger partial charge < -0.3 is 4.42 Å². The number of Topliss-reactive ketones (excluding diaryl/α,β-unsaturated/α-hetero) is 1. The molecule has 0 saturated carbocycles. The van der Waals surface area contributed by atoms with Crippen LogP contribution >= 0.6 is 0 Å². The van der Waals surface area contributed by atoms with Crippen molar-refractivity contribution in [2.45, 2.75) is 19.8 Å². The smallest absolute Gasteiger partial charge is 0.204 e. The molecule has 0 radical (unpaired) electrons. The van der Waals surface area contributed by atoms with Gasteiger partial charge >= 0.3 is 0 Å². The maximum absolute atomic E-state index is 11.8. The lowest BCUT2D eigenvalue weighted by molar-refractivity contribution is 0.0963. The van der Waals surface area contributed by atoms with Crippen molar-refractivity contribution in [1.82, 2.24) is 15.0 Å². The second kappa shape index (κ2) is 4.30. The van der Waals surface area contributed by atoms with Crippen molar-refractivity contribution in [1.29, 1.82) is 0 Å². The van der Waals surface area contributed by atoms with E-state index in [0.717, 1.165) is 12.2 Å². The molecule has 16 heavy (non-hydrogen) atoms. The van der Waals surface area contributed by atoms with Gasteiger partial charge in [0.15, 0.2) is 5.76 Å². The van der Waals surface area contributed by atoms with Crippen molar-refractivity contribution in [3.8, 4) is 0 Å². The first-order valence-corrected chi connectivity index (χ1v) is 5.16. The average molecular weight is 219 g/mol. The van der Waals surface area contributed by atoms with Crippen molar-refractivity contribution in [3.63, 3.8) is 0 Å². The molecule has 0 N–H and O–H groups in total. The van der Waals surface area contributed by atoms with Crippen molar-refractivity contribution < 1.29 is 9.21 Å². The molecule has 0 aliphatic carbocycles. The maximum atomic E-state index is 11.8. The summed E-state index contributed by atoms with van der Waals surface area (Å²) < 4.78 is 6.94. The van der Waals surface area contributed by atoms with Crippen LogP contribution in [0.2, 0.25) is 0 Å². The third-order valence-corrected chi connectivity index (χ3v) is 2.28. The molecule has 0 bridgehead atoms. The molecule has 0 amide bonds. The summed E-state index contributed by atoms with van der Waals surface area (Å²) in [5, 5.41) is 7.63. The lowest BCUT2D eigenvalue weighted by Crippen LogP contribution is -2.02. The Bertz CT molecular complexity index is 499. The molecule has 0 unspecified atom stereocenters. The fraction of sp³-hybridized carbons (Fsp3) is 0.364. The number of carbonyl (C=O) groups is 1. The van der Waals surface area contributed by atoms with Crippen molar-refractivity contribution in [3.05, 3.63) is 35.5 Å². The lowest BCUT2D eigenvalue weighted by Gasteiger charge is -1.93. The van der Waals surface area contributed by atoms with E-state index in [1.807, 2.05) is 13.0 Å². The molecule has 0 spiro atoms. The Morgan fingerprint density at radius 3 is 2.88 bits per heavy atom. The zero-order valence-electron chi connectivity index (χ0n) is 9.30. The highest BCUT2D eigenvalue weighted by Crippen LogP contribution is 2.11. The molecule has 2 heterocycles. The molecule has 0 atom stereocenters. The van der Waals surface area contributed by atoms with Gasteiger partial charge in [-0.05, 0) is 12.1 Å². The molecule has 2 aromatic heterocycles. The van der Waals surface area contributed by atoms with E-state index >= 15 is 0 Å². The number of aryl methyl sites for hydroxylation is 2. The Labute approximate surface area is 93.1 Å². The number of aromatic nitrogens is 3. The van der Waals surface area contributed by atoms with E-state index in [9.17, 15) is 4.79 Å². The molecule has 5 heteroatoms. The number of carbonyl (C=O) groups excluding carboxylic acids is 1. The average Bonchev–Trinajstić information content (AvgIpc) is 2.87. The van der Waals surface area contributed by atoms with Crippen LogP contribution < -0.4 is 0 Å². The number of nitrogens with zero attached hydrogens (tertiary/aromatic N) is 3. The quantitative estimate of drug-likeness (QED) is 0.729. The second-order valence-corrected chi connectivity index (χ2v) is 3.60. The first-order valence-electron chi connectivity index (χ1n) is 5.16. The summed E-state index contributed by atoms with van der Waals surface area (Å²) in [4.78, 5) is 11.8. The summed E-state index contributed by atoms with van der Waals surface area (Å²) in [5.41, 5.74) is 0.655. The van der Waals surface area contributed by atoms with Gasteiger partial charge in [-0.15, -0.1) is 5.10 Å². The van der Waals surface area contributed by atoms with E-state index in [1.165, 1.54) is 0 Å². The van der Waals surface area contributed by atoms with Gasteiger partial charge in [0.2, 0.25) is 5.78 Å².